The van der Waals surface area contributed by atoms with Crippen molar-refractivity contribution in [1.82, 2.24) is 0 Å². The van der Waals surface area contributed by atoms with Gasteiger partial charge < -0.3 is 5.21 Å². The van der Waals surface area contributed by atoms with Gasteiger partial charge in [0.2, 0.25) is 0 Å². The molecule has 2 rings (SSSR count). The lowest BCUT2D eigenvalue weighted by Gasteiger charge is -2.10. The van der Waals surface area contributed by atoms with Gasteiger partial charge in [-0.2, -0.15) is 0 Å². The Kier molecular flexibility index (Phi) is 2.82. The van der Waals surface area contributed by atoms with Gasteiger partial charge in [-0.05, 0) is 18.4 Å². The third-order valence-electron chi connectivity index (χ3n) is 2.92. The summed E-state index contributed by atoms with van der Waals surface area (Å²) in [5, 5.41) is 12.5. The van der Waals surface area contributed by atoms with Gasteiger partial charge in [-0.3, -0.25) is 0 Å². The zero-order valence-corrected chi connectivity index (χ0v) is 8.19. The lowest BCUT2D eigenvalue weighted by Crippen LogP contribution is -2.12. The van der Waals surface area contributed by atoms with E-state index in [1.165, 1.54) is 12.8 Å². The van der Waals surface area contributed by atoms with Crippen LogP contribution in [0.2, 0.25) is 0 Å². The lowest BCUT2D eigenvalue weighted by molar-refractivity contribution is 0.315. The van der Waals surface area contributed by atoms with Crippen LogP contribution in [0.15, 0.2) is 35.5 Å². The van der Waals surface area contributed by atoms with Crippen molar-refractivity contribution in [2.45, 2.75) is 25.7 Å². The second-order valence-electron chi connectivity index (χ2n) is 3.83. The molecule has 0 bridgehead atoms. The predicted octanol–water partition coefficient (Wildman–Crippen LogP) is 3.06. The number of hydrogen-bond acceptors (Lipinski definition) is 2. The minimum Gasteiger partial charge on any atom is -0.411 e. The van der Waals surface area contributed by atoms with E-state index in [1.807, 2.05) is 30.3 Å². The molecule has 0 amide bonds. The van der Waals surface area contributed by atoms with E-state index in [1.54, 1.807) is 0 Å². The first kappa shape index (κ1) is 9.25. The first-order chi connectivity index (χ1) is 6.92. The SMILES string of the molecule is O/N=C(\c1ccccc1)C1CCCC1. The van der Waals surface area contributed by atoms with Crippen LogP contribution in [0.4, 0.5) is 0 Å². The van der Waals surface area contributed by atoms with Crippen molar-refractivity contribution in [2.24, 2.45) is 11.1 Å². The summed E-state index contributed by atoms with van der Waals surface area (Å²) in [5.41, 5.74) is 1.92. The Bertz CT molecular complexity index is 312. The Balaban J connectivity index is 2.22. The van der Waals surface area contributed by atoms with E-state index in [0.717, 1.165) is 24.1 Å². The van der Waals surface area contributed by atoms with Crippen LogP contribution in [0.1, 0.15) is 31.2 Å². The number of nitrogens with zero attached hydrogens (tertiary/aromatic N) is 1. The maximum atomic E-state index is 9.03. The Morgan fingerprint density at radius 2 is 1.79 bits per heavy atom. The van der Waals surface area contributed by atoms with Crippen molar-refractivity contribution < 1.29 is 5.21 Å². The van der Waals surface area contributed by atoms with Crippen LogP contribution in [0.25, 0.3) is 0 Å². The third kappa shape index (κ3) is 1.79. The molecule has 1 aliphatic rings. The largest absolute Gasteiger partial charge is 0.411 e. The maximum Gasteiger partial charge on any atom is 0.0898 e. The van der Waals surface area contributed by atoms with E-state index in [-0.39, 0.29) is 0 Å². The molecule has 0 aliphatic heterocycles. The molecule has 0 saturated heterocycles. The van der Waals surface area contributed by atoms with Crippen LogP contribution in [-0.2, 0) is 0 Å². The Labute approximate surface area is 84.3 Å². The molecule has 2 nitrogen and oxygen atoms in total. The van der Waals surface area contributed by atoms with E-state index in [4.69, 9.17) is 5.21 Å². The van der Waals surface area contributed by atoms with Crippen LogP contribution in [0, 0.1) is 5.92 Å². The van der Waals surface area contributed by atoms with Crippen LogP contribution in [0.3, 0.4) is 0 Å². The quantitative estimate of drug-likeness (QED) is 0.433. The van der Waals surface area contributed by atoms with E-state index in [2.05, 4.69) is 5.16 Å². The topological polar surface area (TPSA) is 32.6 Å². The molecular formula is C12H15NO. The second kappa shape index (κ2) is 4.27. The highest BCUT2D eigenvalue weighted by atomic mass is 16.4. The summed E-state index contributed by atoms with van der Waals surface area (Å²) in [5.74, 6) is 0.461. The molecule has 0 unspecified atom stereocenters. The molecule has 0 spiro atoms. The van der Waals surface area contributed by atoms with Crippen molar-refractivity contribution in [2.75, 3.05) is 0 Å². The lowest BCUT2D eigenvalue weighted by atomic mass is 9.95. The molecule has 0 aromatic heterocycles. The van der Waals surface area contributed by atoms with Crippen LogP contribution >= 0.6 is 0 Å². The van der Waals surface area contributed by atoms with Crippen molar-refractivity contribution >= 4 is 5.71 Å². The second-order valence-corrected chi connectivity index (χ2v) is 3.83. The summed E-state index contributed by atoms with van der Waals surface area (Å²) in [6.07, 6.45) is 4.84. The fourth-order valence-corrected chi connectivity index (χ4v) is 2.18. The summed E-state index contributed by atoms with van der Waals surface area (Å²) < 4.78 is 0. The highest BCUT2D eigenvalue weighted by molar-refractivity contribution is 6.01. The zero-order valence-electron chi connectivity index (χ0n) is 8.19. The third-order valence-corrected chi connectivity index (χ3v) is 2.92. The normalized spacial score (nSPS) is 18.7. The molecule has 0 atom stereocenters. The summed E-state index contributed by atoms with van der Waals surface area (Å²) in [4.78, 5) is 0. The van der Waals surface area contributed by atoms with Gasteiger partial charge in [-0.15, -0.1) is 0 Å². The molecule has 1 N–H and O–H groups in total. The van der Waals surface area contributed by atoms with Crippen LogP contribution in [-0.4, -0.2) is 10.9 Å². The van der Waals surface area contributed by atoms with E-state index < -0.39 is 0 Å². The van der Waals surface area contributed by atoms with Gasteiger partial charge in [-0.25, -0.2) is 0 Å². The van der Waals surface area contributed by atoms with Gasteiger partial charge in [0, 0.05) is 5.92 Å². The fourth-order valence-electron chi connectivity index (χ4n) is 2.18. The highest BCUT2D eigenvalue weighted by Gasteiger charge is 2.22. The van der Waals surface area contributed by atoms with Gasteiger partial charge in [-0.1, -0.05) is 48.3 Å². The fraction of sp³-hybridized carbons (Fsp3) is 0.417. The zero-order chi connectivity index (χ0) is 9.80. The van der Waals surface area contributed by atoms with E-state index >= 15 is 0 Å². The molecule has 1 fully saturated rings. The smallest absolute Gasteiger partial charge is 0.0898 e. The summed E-state index contributed by atoms with van der Waals surface area (Å²) in [6, 6.07) is 9.96. The molecule has 1 aliphatic carbocycles. The Morgan fingerprint density at radius 3 is 2.36 bits per heavy atom. The van der Waals surface area contributed by atoms with Crippen LogP contribution in [0.5, 0.6) is 0 Å². The summed E-state index contributed by atoms with van der Waals surface area (Å²) >= 11 is 0. The molecule has 74 valence electrons. The van der Waals surface area contributed by atoms with E-state index in [9.17, 15) is 0 Å². The molecule has 0 radical (unpaired) electrons. The van der Waals surface area contributed by atoms with Gasteiger partial charge in [0.15, 0.2) is 0 Å². The number of rotatable bonds is 2. The van der Waals surface area contributed by atoms with Gasteiger partial charge in [0.25, 0.3) is 0 Å². The molecule has 14 heavy (non-hydrogen) atoms. The molecule has 1 aromatic carbocycles. The average molecular weight is 189 g/mol. The minimum atomic E-state index is 0.461. The van der Waals surface area contributed by atoms with Gasteiger partial charge >= 0.3 is 0 Å². The van der Waals surface area contributed by atoms with Crippen molar-refractivity contribution in [3.05, 3.63) is 35.9 Å². The Morgan fingerprint density at radius 1 is 1.14 bits per heavy atom. The number of oxime groups is 1. The predicted molar refractivity (Wildman–Crippen MR) is 56.7 cm³/mol. The van der Waals surface area contributed by atoms with Crippen molar-refractivity contribution in [3.63, 3.8) is 0 Å². The first-order valence-electron chi connectivity index (χ1n) is 5.19. The van der Waals surface area contributed by atoms with Crippen LogP contribution < -0.4 is 0 Å². The van der Waals surface area contributed by atoms with Crippen molar-refractivity contribution in [1.29, 1.82) is 0 Å². The van der Waals surface area contributed by atoms with Crippen molar-refractivity contribution in [3.8, 4) is 0 Å². The average Bonchev–Trinajstić information content (AvgIpc) is 2.74. The number of hydrogen-bond donors (Lipinski definition) is 1. The minimum absolute atomic E-state index is 0.461. The molecule has 0 heterocycles. The van der Waals surface area contributed by atoms with Gasteiger partial charge in [0.05, 0.1) is 5.71 Å². The molecular weight excluding hydrogens is 174 g/mol. The highest BCUT2D eigenvalue weighted by Crippen LogP contribution is 2.28. The first-order valence-corrected chi connectivity index (χ1v) is 5.19. The monoisotopic (exact) mass is 189 g/mol. The standard InChI is InChI=1S/C12H15NO/c14-13-12(11-8-4-5-9-11)10-6-2-1-3-7-10/h1-3,6-7,11,14H,4-5,8-9H2/b13-12+. The maximum absolute atomic E-state index is 9.03. The van der Waals surface area contributed by atoms with Gasteiger partial charge in [0.1, 0.15) is 0 Å². The molecule has 2 heteroatoms. The van der Waals surface area contributed by atoms with E-state index in [0.29, 0.717) is 5.92 Å². The Hall–Kier alpha value is -1.31. The summed E-state index contributed by atoms with van der Waals surface area (Å²) in [6.45, 7) is 0. The summed E-state index contributed by atoms with van der Waals surface area (Å²) in [7, 11) is 0. The molecule has 1 aromatic rings. The molecule has 1 saturated carbocycles. The number of benzene rings is 1.